The SMILES string of the molecule is C=Cc1ccc(COc2cc(NCC)ccc2C(C=C(c2c(C)n(CC)c3ccccc23)c2c(C)n(CC)c3ccccc23)(OC=O)c2ccccc2C)cc1. The standard InChI is InChI=1S/C50H51N3O3/c1-8-37-24-26-38(27-25-37)32-55-47-30-39(51-9-2)28-29-44(47)50(56-33-54,43-21-15-12-18-34(43)5)31-42(48-35(6)52(10-3)45-22-16-13-19-40(45)48)49-36(7)53(11-4)46-23-17-14-20-41(46)49/h8,12-31,33,51H,1,9-11,32H2,2-7H3. The van der Waals surface area contributed by atoms with E-state index < -0.39 is 5.60 Å². The van der Waals surface area contributed by atoms with Gasteiger partial charge in [0.2, 0.25) is 0 Å². The van der Waals surface area contributed by atoms with Crippen LogP contribution in [0.5, 0.6) is 5.75 Å². The molecule has 7 rings (SSSR count). The van der Waals surface area contributed by atoms with Crippen molar-refractivity contribution >= 4 is 45.6 Å². The predicted molar refractivity (Wildman–Crippen MR) is 232 cm³/mol. The van der Waals surface area contributed by atoms with Gasteiger partial charge in [0, 0.05) is 86.8 Å². The Morgan fingerprint density at radius 2 is 1.32 bits per heavy atom. The molecule has 2 heterocycles. The molecule has 6 nitrogen and oxygen atoms in total. The Morgan fingerprint density at radius 1 is 0.732 bits per heavy atom. The number of para-hydroxylation sites is 2. The molecule has 5 aromatic carbocycles. The van der Waals surface area contributed by atoms with E-state index in [9.17, 15) is 4.79 Å². The third kappa shape index (κ3) is 6.70. The molecule has 6 heteroatoms. The van der Waals surface area contributed by atoms with Crippen LogP contribution in [0.2, 0.25) is 0 Å². The van der Waals surface area contributed by atoms with Crippen LogP contribution in [-0.4, -0.2) is 22.2 Å². The van der Waals surface area contributed by atoms with E-state index in [1.54, 1.807) is 0 Å². The van der Waals surface area contributed by atoms with Crippen LogP contribution in [0.4, 0.5) is 5.69 Å². The second kappa shape index (κ2) is 16.2. The lowest BCUT2D eigenvalue weighted by Crippen LogP contribution is -2.31. The van der Waals surface area contributed by atoms with Crippen LogP contribution in [0.3, 0.4) is 0 Å². The first-order valence-corrected chi connectivity index (χ1v) is 19.6. The van der Waals surface area contributed by atoms with Gasteiger partial charge in [0.05, 0.1) is 0 Å². The van der Waals surface area contributed by atoms with Crippen LogP contribution in [-0.2, 0) is 34.8 Å². The second-order valence-corrected chi connectivity index (χ2v) is 14.2. The fourth-order valence-electron chi connectivity index (χ4n) is 8.53. The van der Waals surface area contributed by atoms with Crippen LogP contribution in [0.1, 0.15) is 71.1 Å². The molecule has 0 aliphatic rings. The maximum atomic E-state index is 13.2. The number of ether oxygens (including phenoxy) is 2. The smallest absolute Gasteiger partial charge is 0.294 e. The van der Waals surface area contributed by atoms with E-state index in [0.29, 0.717) is 18.8 Å². The summed E-state index contributed by atoms with van der Waals surface area (Å²) in [5, 5.41) is 5.74. The summed E-state index contributed by atoms with van der Waals surface area (Å²) in [5.74, 6) is 0.609. The summed E-state index contributed by atoms with van der Waals surface area (Å²) in [4.78, 5) is 13.2. The van der Waals surface area contributed by atoms with Crippen molar-refractivity contribution in [1.82, 2.24) is 9.13 Å². The van der Waals surface area contributed by atoms with E-state index in [-0.39, 0.29) is 0 Å². The summed E-state index contributed by atoms with van der Waals surface area (Å²) in [6.45, 7) is 20.1. The van der Waals surface area contributed by atoms with Gasteiger partial charge < -0.3 is 23.9 Å². The monoisotopic (exact) mass is 741 g/mol. The molecule has 284 valence electrons. The molecule has 0 aliphatic heterocycles. The predicted octanol–water partition coefficient (Wildman–Crippen LogP) is 11.8. The minimum atomic E-state index is -1.42. The summed E-state index contributed by atoms with van der Waals surface area (Å²) in [6, 6.07) is 39.7. The van der Waals surface area contributed by atoms with Gasteiger partial charge >= 0.3 is 0 Å². The first-order valence-electron chi connectivity index (χ1n) is 19.6. The maximum absolute atomic E-state index is 13.2. The number of nitrogens with zero attached hydrogens (tertiary/aromatic N) is 2. The molecule has 0 fully saturated rings. The minimum absolute atomic E-state index is 0.313. The lowest BCUT2D eigenvalue weighted by molar-refractivity contribution is -0.137. The molecule has 1 unspecified atom stereocenters. The highest BCUT2D eigenvalue weighted by molar-refractivity contribution is 6.06. The van der Waals surface area contributed by atoms with Crippen molar-refractivity contribution < 1.29 is 14.3 Å². The molecule has 1 N–H and O–H groups in total. The van der Waals surface area contributed by atoms with Gasteiger partial charge in [-0.05, 0) is 94.1 Å². The molecule has 0 saturated heterocycles. The first-order chi connectivity index (χ1) is 27.3. The topological polar surface area (TPSA) is 57.4 Å². The number of carbonyl (C=O) groups is 1. The van der Waals surface area contributed by atoms with Crippen LogP contribution >= 0.6 is 0 Å². The molecule has 0 bridgehead atoms. The number of aromatic nitrogens is 2. The lowest BCUT2D eigenvalue weighted by atomic mass is 9.79. The van der Waals surface area contributed by atoms with Gasteiger partial charge in [0.25, 0.3) is 6.47 Å². The highest BCUT2D eigenvalue weighted by Gasteiger charge is 2.41. The number of benzene rings is 5. The van der Waals surface area contributed by atoms with Crippen molar-refractivity contribution in [2.75, 3.05) is 11.9 Å². The minimum Gasteiger partial charge on any atom is -0.488 e. The lowest BCUT2D eigenvalue weighted by Gasteiger charge is -2.34. The fourth-order valence-corrected chi connectivity index (χ4v) is 8.53. The van der Waals surface area contributed by atoms with Gasteiger partial charge in [-0.3, -0.25) is 4.79 Å². The molecular formula is C50H51N3O3. The number of aryl methyl sites for hydroxylation is 3. The van der Waals surface area contributed by atoms with Gasteiger partial charge in [-0.2, -0.15) is 0 Å². The van der Waals surface area contributed by atoms with E-state index in [4.69, 9.17) is 9.47 Å². The Morgan fingerprint density at radius 3 is 1.88 bits per heavy atom. The Balaban J connectivity index is 1.62. The molecule has 0 spiro atoms. The van der Waals surface area contributed by atoms with E-state index in [2.05, 4.69) is 141 Å². The van der Waals surface area contributed by atoms with Gasteiger partial charge in [-0.25, -0.2) is 0 Å². The van der Waals surface area contributed by atoms with E-state index in [1.807, 2.05) is 48.5 Å². The third-order valence-corrected chi connectivity index (χ3v) is 11.1. The molecule has 7 aromatic rings. The van der Waals surface area contributed by atoms with E-state index in [0.717, 1.165) is 103 Å². The molecule has 0 radical (unpaired) electrons. The summed E-state index contributed by atoms with van der Waals surface area (Å²) in [5.41, 5.74) is 11.9. The average Bonchev–Trinajstić information content (AvgIpc) is 3.67. The number of nitrogens with one attached hydrogen (secondary N) is 1. The molecule has 56 heavy (non-hydrogen) atoms. The Bertz CT molecular complexity index is 2480. The van der Waals surface area contributed by atoms with Gasteiger partial charge in [-0.15, -0.1) is 0 Å². The molecule has 0 saturated carbocycles. The van der Waals surface area contributed by atoms with Gasteiger partial charge in [0.1, 0.15) is 12.4 Å². The number of rotatable bonds is 15. The number of carbonyl (C=O) groups excluding carboxylic acids is 1. The zero-order chi connectivity index (χ0) is 39.4. The van der Waals surface area contributed by atoms with Crippen molar-refractivity contribution in [3.8, 4) is 5.75 Å². The van der Waals surface area contributed by atoms with Crippen molar-refractivity contribution in [2.24, 2.45) is 0 Å². The van der Waals surface area contributed by atoms with Gasteiger partial charge in [-0.1, -0.05) is 97.6 Å². The van der Waals surface area contributed by atoms with Crippen molar-refractivity contribution in [2.45, 2.75) is 66.8 Å². The Kier molecular flexibility index (Phi) is 11.0. The van der Waals surface area contributed by atoms with Crippen LogP contribution < -0.4 is 10.1 Å². The summed E-state index contributed by atoms with van der Waals surface area (Å²) in [6.07, 6.45) is 4.03. The molecule has 2 aromatic heterocycles. The summed E-state index contributed by atoms with van der Waals surface area (Å²) < 4.78 is 18.2. The highest BCUT2D eigenvalue weighted by Crippen LogP contribution is 2.48. The van der Waals surface area contributed by atoms with E-state index >= 15 is 0 Å². The normalized spacial score (nSPS) is 12.3. The maximum Gasteiger partial charge on any atom is 0.294 e. The molecule has 0 amide bonds. The third-order valence-electron chi connectivity index (χ3n) is 11.1. The van der Waals surface area contributed by atoms with Crippen molar-refractivity contribution in [3.05, 3.63) is 178 Å². The first kappa shape index (κ1) is 38.0. The van der Waals surface area contributed by atoms with Crippen LogP contribution in [0, 0.1) is 20.8 Å². The average molecular weight is 742 g/mol. The quantitative estimate of drug-likeness (QED) is 0.106. The van der Waals surface area contributed by atoms with Crippen molar-refractivity contribution in [3.63, 3.8) is 0 Å². The Labute approximate surface area is 330 Å². The van der Waals surface area contributed by atoms with E-state index in [1.165, 1.54) is 0 Å². The second-order valence-electron chi connectivity index (χ2n) is 14.2. The number of anilines is 1. The van der Waals surface area contributed by atoms with Gasteiger partial charge in [0.15, 0.2) is 5.60 Å². The van der Waals surface area contributed by atoms with Crippen LogP contribution in [0.25, 0.3) is 33.5 Å². The van der Waals surface area contributed by atoms with Crippen molar-refractivity contribution in [1.29, 1.82) is 0 Å². The highest BCUT2D eigenvalue weighted by atomic mass is 16.5. The fraction of sp³-hybridized carbons (Fsp3) is 0.220. The summed E-state index contributed by atoms with van der Waals surface area (Å²) in [7, 11) is 0. The molecule has 0 aliphatic carbocycles. The Hall–Kier alpha value is -6.27. The number of fused-ring (bicyclic) bond motifs is 2. The zero-order valence-corrected chi connectivity index (χ0v) is 33.4. The largest absolute Gasteiger partial charge is 0.488 e. The molecular weight excluding hydrogens is 691 g/mol. The summed E-state index contributed by atoms with van der Waals surface area (Å²) >= 11 is 0. The van der Waals surface area contributed by atoms with Crippen LogP contribution in [0.15, 0.2) is 128 Å². The zero-order valence-electron chi connectivity index (χ0n) is 33.4. The number of hydrogen-bond acceptors (Lipinski definition) is 4. The number of hydrogen-bond donors (Lipinski definition) is 1. The molecule has 1 atom stereocenters.